The van der Waals surface area contributed by atoms with E-state index in [1.165, 1.54) is 76.5 Å². The summed E-state index contributed by atoms with van der Waals surface area (Å²) in [7, 11) is 0. The van der Waals surface area contributed by atoms with Gasteiger partial charge in [-0.3, -0.25) is 0 Å². The zero-order chi connectivity index (χ0) is 30.6. The van der Waals surface area contributed by atoms with Gasteiger partial charge in [0.25, 0.3) is 0 Å². The maximum Gasteiger partial charge on any atom is -0.00923 e. The highest BCUT2D eigenvalue weighted by Gasteiger charge is 2.24. The average Bonchev–Trinajstić information content (AvgIpc) is 3.03. The van der Waals surface area contributed by atoms with Crippen LogP contribution in [0, 0.1) is 20.9 Å². The Kier molecular flexibility index (Phi) is 6.70. The van der Waals surface area contributed by atoms with E-state index < -0.39 is 0 Å². The van der Waals surface area contributed by atoms with Crippen molar-refractivity contribution in [3.05, 3.63) is 165 Å². The Bertz CT molecular complexity index is 2010. The zero-order valence-corrected chi connectivity index (χ0v) is 26.7. The molecule has 0 heteroatoms. The Morgan fingerprint density at radius 1 is 0.295 bits per heavy atom. The van der Waals surface area contributed by atoms with E-state index in [0.29, 0.717) is 0 Å². The minimum Gasteiger partial charge on any atom is -0.0622 e. The van der Waals surface area contributed by atoms with E-state index in [1.54, 1.807) is 0 Å². The van der Waals surface area contributed by atoms with Crippen molar-refractivity contribution in [2.45, 2.75) is 52.4 Å². The predicted molar refractivity (Wildman–Crippen MR) is 187 cm³/mol. The average molecular weight is 569 g/mol. The van der Waals surface area contributed by atoms with Gasteiger partial charge in [0.15, 0.2) is 0 Å². The van der Waals surface area contributed by atoms with Gasteiger partial charge in [0.1, 0.15) is 0 Å². The topological polar surface area (TPSA) is 0 Å². The lowest BCUT2D eigenvalue weighted by molar-refractivity contribution is 0.589. The van der Waals surface area contributed by atoms with E-state index in [4.69, 9.17) is 0 Å². The van der Waals surface area contributed by atoms with E-state index in [1.807, 2.05) is 0 Å². The van der Waals surface area contributed by atoms with Crippen LogP contribution in [0.3, 0.4) is 0 Å². The molecule has 0 spiro atoms. The van der Waals surface area contributed by atoms with Crippen molar-refractivity contribution >= 4 is 0 Å². The van der Waals surface area contributed by atoms with E-state index in [0.717, 1.165) is 0 Å². The van der Waals surface area contributed by atoms with Gasteiger partial charge >= 0.3 is 0 Å². The van der Waals surface area contributed by atoms with Crippen molar-refractivity contribution < 1.29 is 0 Å². The summed E-state index contributed by atoms with van der Waals surface area (Å²) in [6, 6.07) is 49.3. The first-order valence-electron chi connectivity index (χ1n) is 15.8. The molecule has 0 radical (unpaired) electrons. The molecular formula is C44H40. The van der Waals surface area contributed by atoms with Crippen molar-refractivity contribution in [2.24, 2.45) is 0 Å². The smallest absolute Gasteiger partial charge is 0.00923 e. The molecule has 44 heavy (non-hydrogen) atoms. The van der Waals surface area contributed by atoms with Crippen LogP contribution in [0.1, 0.15) is 52.7 Å². The fourth-order valence-electron chi connectivity index (χ4n) is 6.69. The summed E-state index contributed by atoms with van der Waals surface area (Å²) < 4.78 is 0. The van der Waals surface area contributed by atoms with Crippen LogP contribution < -0.4 is 0 Å². The number of fused-ring (bicyclic) bond motifs is 2. The normalized spacial score (nSPS) is 12.3. The fraction of sp³-hybridized carbons (Fsp3) is 0.182. The molecule has 0 atom stereocenters. The second-order valence-corrected chi connectivity index (χ2v) is 14.3. The molecule has 6 aromatic carbocycles. The molecule has 216 valence electrons. The Hall–Kier alpha value is -4.68. The monoisotopic (exact) mass is 568 g/mol. The van der Waals surface area contributed by atoms with Crippen molar-refractivity contribution in [1.29, 1.82) is 0 Å². The number of hydrogen-bond donors (Lipinski definition) is 0. The van der Waals surface area contributed by atoms with Crippen LogP contribution >= 0.6 is 0 Å². The van der Waals surface area contributed by atoms with Gasteiger partial charge in [-0.1, -0.05) is 151 Å². The highest BCUT2D eigenvalue weighted by molar-refractivity contribution is 5.76. The lowest BCUT2D eigenvalue weighted by Crippen LogP contribution is -2.15. The molecule has 0 unspecified atom stereocenters. The van der Waals surface area contributed by atoms with Gasteiger partial charge in [-0.15, -0.1) is 0 Å². The van der Waals surface area contributed by atoms with Gasteiger partial charge in [0, 0.05) is 0 Å². The van der Waals surface area contributed by atoms with Crippen molar-refractivity contribution in [3.8, 4) is 44.5 Å². The first-order valence-corrected chi connectivity index (χ1v) is 15.8. The molecule has 6 aromatic rings. The van der Waals surface area contributed by atoms with Gasteiger partial charge in [0.2, 0.25) is 0 Å². The first kappa shape index (κ1) is 28.1. The Balaban J connectivity index is 1.40. The molecule has 0 heterocycles. The van der Waals surface area contributed by atoms with Crippen LogP contribution in [0.2, 0.25) is 0 Å². The van der Waals surface area contributed by atoms with Gasteiger partial charge in [0.05, 0.1) is 0 Å². The summed E-state index contributed by atoms with van der Waals surface area (Å²) in [4.78, 5) is 0. The zero-order valence-electron chi connectivity index (χ0n) is 26.7. The Morgan fingerprint density at radius 3 is 0.886 bits per heavy atom. The quantitative estimate of drug-likeness (QED) is 0.198. The van der Waals surface area contributed by atoms with Crippen LogP contribution in [0.4, 0.5) is 0 Å². The third-order valence-corrected chi connectivity index (χ3v) is 9.12. The van der Waals surface area contributed by atoms with E-state index in [2.05, 4.69) is 175 Å². The summed E-state index contributed by atoms with van der Waals surface area (Å²) in [5.41, 5.74) is 13.0. The highest BCUT2D eigenvalue weighted by atomic mass is 14.3. The van der Waals surface area contributed by atoms with Gasteiger partial charge in [-0.05, 0) is 112 Å². The second-order valence-electron chi connectivity index (χ2n) is 14.3. The third kappa shape index (κ3) is 4.99. The summed E-state index contributed by atoms with van der Waals surface area (Å²) in [5, 5.41) is 5.48. The molecule has 0 bridgehead atoms. The van der Waals surface area contributed by atoms with Crippen molar-refractivity contribution in [3.63, 3.8) is 0 Å². The second kappa shape index (κ2) is 10.5. The molecule has 0 saturated heterocycles. The SMILES string of the molecule is CC(C)(C)c1cc2c(cc1-c1ccc(-c3ccccc3)cc1)=c1cc(-c3ccc(-c4ccccc4)cc3)c(C(C)(C)C)cc1=2. The number of rotatable bonds is 4. The minimum absolute atomic E-state index is 0.0194. The highest BCUT2D eigenvalue weighted by Crippen LogP contribution is 2.39. The van der Waals surface area contributed by atoms with Gasteiger partial charge < -0.3 is 0 Å². The molecular weight excluding hydrogens is 528 g/mol. The van der Waals surface area contributed by atoms with E-state index in [-0.39, 0.29) is 10.8 Å². The van der Waals surface area contributed by atoms with Gasteiger partial charge in [-0.25, -0.2) is 0 Å². The summed E-state index contributed by atoms with van der Waals surface area (Å²) >= 11 is 0. The number of benzene rings is 6. The van der Waals surface area contributed by atoms with E-state index >= 15 is 0 Å². The molecule has 1 aliphatic rings. The minimum atomic E-state index is 0.0194. The maximum atomic E-state index is 2.47. The largest absolute Gasteiger partial charge is 0.0622 e. The van der Waals surface area contributed by atoms with E-state index in [9.17, 15) is 0 Å². The molecule has 0 saturated carbocycles. The summed E-state index contributed by atoms with van der Waals surface area (Å²) in [6.07, 6.45) is 0. The Labute approximate surface area is 261 Å². The lowest BCUT2D eigenvalue weighted by atomic mass is 9.77. The number of hydrogen-bond acceptors (Lipinski definition) is 0. The molecule has 0 amide bonds. The molecule has 0 aromatic heterocycles. The van der Waals surface area contributed by atoms with Crippen molar-refractivity contribution in [1.82, 2.24) is 0 Å². The first-order chi connectivity index (χ1) is 21.1. The maximum absolute atomic E-state index is 2.47. The van der Waals surface area contributed by atoms with Crippen LogP contribution in [0.25, 0.3) is 44.5 Å². The standard InChI is InChI=1S/C44H40/c1-43(2,3)41-27-39-37(25-35(41)33-21-17-31(18-22-33)29-13-9-7-10-14-29)38-26-36(42(28-40(38)39)44(4,5)6)34-23-19-32(20-24-34)30-15-11-8-12-16-30/h7-28H,1-6H3. The molecule has 0 fully saturated rings. The van der Waals surface area contributed by atoms with Crippen LogP contribution in [-0.4, -0.2) is 0 Å². The fourth-order valence-corrected chi connectivity index (χ4v) is 6.69. The van der Waals surface area contributed by atoms with Crippen LogP contribution in [0.5, 0.6) is 0 Å². The van der Waals surface area contributed by atoms with Gasteiger partial charge in [-0.2, -0.15) is 0 Å². The molecule has 0 nitrogen and oxygen atoms in total. The predicted octanol–water partition coefficient (Wildman–Crippen LogP) is 11.8. The lowest BCUT2D eigenvalue weighted by Gasteiger charge is -2.27. The molecule has 0 aliphatic heterocycles. The molecule has 7 rings (SSSR count). The van der Waals surface area contributed by atoms with Crippen LogP contribution in [0.15, 0.2) is 133 Å². The van der Waals surface area contributed by atoms with Crippen LogP contribution in [-0.2, 0) is 10.8 Å². The summed E-state index contributed by atoms with van der Waals surface area (Å²) in [6.45, 7) is 14.0. The molecule has 1 aliphatic carbocycles. The summed E-state index contributed by atoms with van der Waals surface area (Å²) in [5.74, 6) is 0. The third-order valence-electron chi connectivity index (χ3n) is 9.12. The molecule has 0 N–H and O–H groups in total. The van der Waals surface area contributed by atoms with Crippen molar-refractivity contribution in [2.75, 3.05) is 0 Å². The Morgan fingerprint density at radius 2 is 0.568 bits per heavy atom.